The van der Waals surface area contributed by atoms with Crippen LogP contribution >= 0.6 is 0 Å². The van der Waals surface area contributed by atoms with Crippen LogP contribution in [0.25, 0.3) is 22.3 Å². The lowest BCUT2D eigenvalue weighted by Crippen LogP contribution is -2.44. The van der Waals surface area contributed by atoms with E-state index >= 15 is 0 Å². The van der Waals surface area contributed by atoms with Gasteiger partial charge < -0.3 is 25.1 Å². The van der Waals surface area contributed by atoms with Crippen molar-refractivity contribution in [2.45, 2.75) is 31.8 Å². The van der Waals surface area contributed by atoms with Gasteiger partial charge in [0.25, 0.3) is 0 Å². The van der Waals surface area contributed by atoms with Gasteiger partial charge in [-0.1, -0.05) is 0 Å². The molecule has 0 amide bonds. The molecule has 9 nitrogen and oxygen atoms in total. The van der Waals surface area contributed by atoms with Crippen molar-refractivity contribution in [3.63, 3.8) is 0 Å². The lowest BCUT2D eigenvalue weighted by Gasteiger charge is -2.34. The summed E-state index contributed by atoms with van der Waals surface area (Å²) in [6.45, 7) is 5.76. The highest BCUT2D eigenvalue weighted by molar-refractivity contribution is 6.16. The molecule has 33 heavy (non-hydrogen) atoms. The van der Waals surface area contributed by atoms with Crippen LogP contribution in [0, 0.1) is 5.41 Å². The summed E-state index contributed by atoms with van der Waals surface area (Å²) in [6, 6.07) is 6.41. The molecule has 0 aliphatic carbocycles. The Kier molecular flexibility index (Phi) is 6.32. The zero-order valence-electron chi connectivity index (χ0n) is 18.8. The van der Waals surface area contributed by atoms with Gasteiger partial charge in [-0.05, 0) is 50.2 Å². The van der Waals surface area contributed by atoms with Crippen molar-refractivity contribution < 1.29 is 9.47 Å². The van der Waals surface area contributed by atoms with Crippen molar-refractivity contribution in [1.82, 2.24) is 25.5 Å². The highest BCUT2D eigenvalue weighted by atomic mass is 16.5. The van der Waals surface area contributed by atoms with Crippen LogP contribution in [0.15, 0.2) is 42.9 Å². The third-order valence-corrected chi connectivity index (χ3v) is 6.23. The minimum absolute atomic E-state index is 0.198. The van der Waals surface area contributed by atoms with Crippen molar-refractivity contribution in [2.75, 3.05) is 37.9 Å². The predicted octanol–water partition coefficient (Wildman–Crippen LogP) is 2.90. The molecule has 5 rings (SSSR count). The molecule has 3 aromatic rings. The van der Waals surface area contributed by atoms with Gasteiger partial charge in [-0.2, -0.15) is 5.10 Å². The number of pyridine rings is 2. The number of aromatic amines is 1. The molecule has 3 N–H and O–H groups in total. The van der Waals surface area contributed by atoms with Crippen molar-refractivity contribution in [3.05, 3.63) is 48.4 Å². The summed E-state index contributed by atoms with van der Waals surface area (Å²) < 4.78 is 11.1. The number of rotatable bonds is 6. The van der Waals surface area contributed by atoms with E-state index in [-0.39, 0.29) is 6.04 Å². The maximum absolute atomic E-state index is 8.87. The van der Waals surface area contributed by atoms with E-state index in [1.165, 1.54) is 0 Å². The van der Waals surface area contributed by atoms with Gasteiger partial charge in [0.2, 0.25) is 0 Å². The third kappa shape index (κ3) is 4.60. The van der Waals surface area contributed by atoms with E-state index in [4.69, 9.17) is 19.9 Å². The van der Waals surface area contributed by atoms with Crippen LogP contribution in [-0.2, 0) is 9.47 Å². The molecule has 9 heteroatoms. The number of morpholine rings is 1. The summed E-state index contributed by atoms with van der Waals surface area (Å²) in [6.07, 6.45) is 9.14. The number of nitrogens with one attached hydrogen (secondary N) is 3. The average molecular weight is 448 g/mol. The molecule has 2 aliphatic heterocycles. The summed E-state index contributed by atoms with van der Waals surface area (Å²) in [5, 5.41) is 20.3. The van der Waals surface area contributed by atoms with Gasteiger partial charge in [0.05, 0.1) is 30.7 Å². The Morgan fingerprint density at radius 3 is 2.88 bits per heavy atom. The minimum atomic E-state index is 0.198. The Bertz CT molecular complexity index is 1140. The van der Waals surface area contributed by atoms with E-state index in [0.717, 1.165) is 66.3 Å². The fraction of sp³-hybridized carbons (Fsp3) is 0.417. The zero-order valence-corrected chi connectivity index (χ0v) is 18.8. The van der Waals surface area contributed by atoms with Crippen molar-refractivity contribution >= 4 is 22.4 Å². The smallest absolute Gasteiger partial charge is 0.130 e. The van der Waals surface area contributed by atoms with Crippen LogP contribution in [0.4, 0.5) is 5.82 Å². The first kappa shape index (κ1) is 21.5. The average Bonchev–Trinajstić information content (AvgIpc) is 3.39. The van der Waals surface area contributed by atoms with Gasteiger partial charge in [-0.3, -0.25) is 10.1 Å². The van der Waals surface area contributed by atoms with Gasteiger partial charge in [-0.25, -0.2) is 4.98 Å². The molecule has 1 atom stereocenters. The molecule has 5 heterocycles. The molecule has 0 radical (unpaired) electrons. The Hall–Kier alpha value is -3.30. The number of anilines is 1. The maximum atomic E-state index is 8.87. The Balaban J connectivity index is 1.54. The first-order valence-electron chi connectivity index (χ1n) is 11.4. The lowest BCUT2D eigenvalue weighted by molar-refractivity contribution is 0.0812. The molecule has 0 saturated carbocycles. The third-order valence-electron chi connectivity index (χ3n) is 6.23. The van der Waals surface area contributed by atoms with E-state index < -0.39 is 0 Å². The van der Waals surface area contributed by atoms with Crippen LogP contribution in [0.5, 0.6) is 0 Å². The molecular formula is C24H29N7O2. The van der Waals surface area contributed by atoms with Crippen molar-refractivity contribution in [1.29, 1.82) is 5.41 Å². The molecule has 2 fully saturated rings. The molecular weight excluding hydrogens is 418 g/mol. The zero-order chi connectivity index (χ0) is 22.6. The number of H-pyrrole nitrogens is 1. The predicted molar refractivity (Wildman–Crippen MR) is 128 cm³/mol. The first-order chi connectivity index (χ1) is 16.2. The Labute approximate surface area is 192 Å². The highest BCUT2D eigenvalue weighted by Crippen LogP contribution is 2.30. The van der Waals surface area contributed by atoms with Crippen LogP contribution in [0.2, 0.25) is 0 Å². The molecule has 0 unspecified atom stereocenters. The number of nitrogens with zero attached hydrogens (tertiary/aromatic N) is 4. The fourth-order valence-corrected chi connectivity index (χ4v) is 4.38. The molecule has 0 spiro atoms. The number of fused-ring (bicyclic) bond motifs is 1. The number of aromatic nitrogens is 4. The summed E-state index contributed by atoms with van der Waals surface area (Å²) in [5.41, 5.74) is 3.52. The number of allylic oxidation sites excluding steroid dienone is 1. The van der Waals surface area contributed by atoms with Crippen LogP contribution in [-0.4, -0.2) is 70.9 Å². The van der Waals surface area contributed by atoms with Crippen LogP contribution < -0.4 is 10.2 Å². The van der Waals surface area contributed by atoms with Crippen molar-refractivity contribution in [3.8, 4) is 11.4 Å². The summed E-state index contributed by atoms with van der Waals surface area (Å²) in [5.74, 6) is 0.831. The topological polar surface area (TPSA) is 112 Å². The van der Waals surface area contributed by atoms with E-state index in [1.807, 2.05) is 30.5 Å². The maximum Gasteiger partial charge on any atom is 0.130 e. The Morgan fingerprint density at radius 2 is 2.09 bits per heavy atom. The molecule has 2 aliphatic rings. The van der Waals surface area contributed by atoms with E-state index in [1.54, 1.807) is 12.4 Å². The molecule has 172 valence electrons. The standard InChI is InChI=1S/C24H29N7O2/c1-16-15-33-13-10-31(16)22-14-19(20(25)3-8-26-17-5-11-32-12-6-17)18-2-7-27-24(23(18)29-22)21-4-9-28-30-21/h2-4,7-9,14,16-17,25-26H,5-6,10-13,15H2,1H3,(H,28,30)/b8-3-,25-20?/t16-/m1/s1. The molecule has 0 aromatic carbocycles. The number of hydrogen-bond acceptors (Lipinski definition) is 8. The van der Waals surface area contributed by atoms with Gasteiger partial charge in [-0.15, -0.1) is 0 Å². The monoisotopic (exact) mass is 447 g/mol. The van der Waals surface area contributed by atoms with Gasteiger partial charge in [0.15, 0.2) is 0 Å². The van der Waals surface area contributed by atoms with Crippen LogP contribution in [0.3, 0.4) is 0 Å². The lowest BCUT2D eigenvalue weighted by atomic mass is 10.0. The van der Waals surface area contributed by atoms with Gasteiger partial charge in [0, 0.05) is 49.1 Å². The van der Waals surface area contributed by atoms with E-state index in [0.29, 0.717) is 25.0 Å². The van der Waals surface area contributed by atoms with E-state index in [2.05, 4.69) is 32.3 Å². The number of ether oxygens (including phenoxy) is 2. The summed E-state index contributed by atoms with van der Waals surface area (Å²) in [7, 11) is 0. The second-order valence-corrected chi connectivity index (χ2v) is 8.47. The highest BCUT2D eigenvalue weighted by Gasteiger charge is 2.23. The van der Waals surface area contributed by atoms with E-state index in [9.17, 15) is 0 Å². The van der Waals surface area contributed by atoms with Crippen LogP contribution in [0.1, 0.15) is 25.3 Å². The second kappa shape index (κ2) is 9.68. The minimum Gasteiger partial charge on any atom is -0.388 e. The molecule has 0 bridgehead atoms. The summed E-state index contributed by atoms with van der Waals surface area (Å²) in [4.78, 5) is 11.8. The summed E-state index contributed by atoms with van der Waals surface area (Å²) >= 11 is 0. The molecule has 2 saturated heterocycles. The quantitative estimate of drug-likeness (QED) is 0.498. The fourth-order valence-electron chi connectivity index (χ4n) is 4.38. The first-order valence-corrected chi connectivity index (χ1v) is 11.4. The Morgan fingerprint density at radius 1 is 1.21 bits per heavy atom. The van der Waals surface area contributed by atoms with Gasteiger partial charge >= 0.3 is 0 Å². The largest absolute Gasteiger partial charge is 0.388 e. The van der Waals surface area contributed by atoms with Crippen molar-refractivity contribution in [2.24, 2.45) is 0 Å². The van der Waals surface area contributed by atoms with Gasteiger partial charge in [0.1, 0.15) is 17.0 Å². The SMILES string of the molecule is C[C@@H]1COCCN1c1cc(C(=N)/C=C\NC2CCOCC2)c2ccnc(-c3ccn[nH]3)c2n1. The molecule has 3 aromatic heterocycles. The number of hydrogen-bond donors (Lipinski definition) is 3. The normalized spacial score (nSPS) is 19.9. The second-order valence-electron chi connectivity index (χ2n) is 8.47.